The molecule has 104 valence electrons. The number of amides is 2. The number of nitrogens with one attached hydrogen (secondary N) is 3. The first-order valence-corrected chi connectivity index (χ1v) is 6.52. The highest BCUT2D eigenvalue weighted by Crippen LogP contribution is 2.08. The van der Waals surface area contributed by atoms with Gasteiger partial charge in [0.2, 0.25) is 5.91 Å². The predicted octanol–water partition coefficient (Wildman–Crippen LogP) is -0.384. The second kappa shape index (κ2) is 7.33. The van der Waals surface area contributed by atoms with Gasteiger partial charge in [-0.25, -0.2) is 0 Å². The fraction of sp³-hybridized carbons (Fsp3) is 0.833. The van der Waals surface area contributed by atoms with Crippen LogP contribution >= 0.6 is 0 Å². The molecule has 18 heavy (non-hydrogen) atoms. The van der Waals surface area contributed by atoms with E-state index in [0.717, 1.165) is 19.5 Å². The van der Waals surface area contributed by atoms with Crippen molar-refractivity contribution in [2.24, 2.45) is 0 Å². The molecule has 1 heterocycles. The van der Waals surface area contributed by atoms with Crippen molar-refractivity contribution in [2.45, 2.75) is 45.7 Å². The van der Waals surface area contributed by atoms with E-state index >= 15 is 0 Å². The quantitative estimate of drug-likeness (QED) is 0.586. The summed E-state index contributed by atoms with van der Waals surface area (Å²) in [5, 5.41) is 3.42. The highest BCUT2D eigenvalue weighted by molar-refractivity contribution is 5.81. The van der Waals surface area contributed by atoms with Crippen molar-refractivity contribution >= 4 is 11.8 Å². The van der Waals surface area contributed by atoms with Gasteiger partial charge < -0.3 is 5.32 Å². The molecule has 1 atom stereocenters. The normalized spacial score (nSPS) is 19.3. The van der Waals surface area contributed by atoms with Crippen LogP contribution < -0.4 is 16.2 Å². The number of hydrazine groups is 1. The van der Waals surface area contributed by atoms with Crippen LogP contribution in [-0.4, -0.2) is 48.4 Å². The minimum absolute atomic E-state index is 0.183. The summed E-state index contributed by atoms with van der Waals surface area (Å²) in [6.07, 6.45) is 2.37. The van der Waals surface area contributed by atoms with Crippen LogP contribution in [0.2, 0.25) is 0 Å². The maximum absolute atomic E-state index is 11.6. The SMILES string of the molecule is CC(=O)NNC(=O)CN(CC1CCCN1)C(C)C. The summed E-state index contributed by atoms with van der Waals surface area (Å²) in [6.45, 7) is 7.74. The maximum atomic E-state index is 11.6. The van der Waals surface area contributed by atoms with Crippen molar-refractivity contribution in [3.63, 3.8) is 0 Å². The summed E-state index contributed by atoms with van der Waals surface area (Å²) in [5.41, 5.74) is 4.69. The summed E-state index contributed by atoms with van der Waals surface area (Å²) >= 11 is 0. The second-order valence-corrected chi connectivity index (χ2v) is 5.05. The molecule has 2 amide bonds. The smallest absolute Gasteiger partial charge is 0.252 e. The van der Waals surface area contributed by atoms with E-state index in [0.29, 0.717) is 18.6 Å². The lowest BCUT2D eigenvalue weighted by atomic mass is 10.2. The van der Waals surface area contributed by atoms with Crippen LogP contribution in [0, 0.1) is 0 Å². The summed E-state index contributed by atoms with van der Waals surface area (Å²) in [6, 6.07) is 0.774. The Morgan fingerprint density at radius 2 is 2.11 bits per heavy atom. The maximum Gasteiger partial charge on any atom is 0.252 e. The van der Waals surface area contributed by atoms with Gasteiger partial charge in [0.05, 0.1) is 6.54 Å². The molecular weight excluding hydrogens is 232 g/mol. The number of carbonyl (C=O) groups is 2. The number of hydrogen-bond donors (Lipinski definition) is 3. The Balaban J connectivity index is 2.36. The van der Waals surface area contributed by atoms with Crippen molar-refractivity contribution in [3.8, 4) is 0 Å². The van der Waals surface area contributed by atoms with E-state index in [9.17, 15) is 9.59 Å². The molecule has 0 aliphatic carbocycles. The Bertz CT molecular complexity index is 288. The minimum Gasteiger partial charge on any atom is -0.313 e. The molecule has 0 radical (unpaired) electrons. The van der Waals surface area contributed by atoms with Gasteiger partial charge in [0, 0.05) is 25.6 Å². The van der Waals surface area contributed by atoms with E-state index in [1.807, 2.05) is 0 Å². The number of nitrogens with zero attached hydrogens (tertiary/aromatic N) is 1. The van der Waals surface area contributed by atoms with Gasteiger partial charge in [0.1, 0.15) is 0 Å². The average molecular weight is 256 g/mol. The van der Waals surface area contributed by atoms with Gasteiger partial charge in [-0.05, 0) is 33.2 Å². The molecule has 1 saturated heterocycles. The molecule has 0 saturated carbocycles. The van der Waals surface area contributed by atoms with Crippen molar-refractivity contribution in [1.82, 2.24) is 21.1 Å². The van der Waals surface area contributed by atoms with Gasteiger partial charge >= 0.3 is 0 Å². The second-order valence-electron chi connectivity index (χ2n) is 5.05. The van der Waals surface area contributed by atoms with Crippen LogP contribution in [0.3, 0.4) is 0 Å². The summed E-state index contributed by atoms with van der Waals surface area (Å²) in [4.78, 5) is 24.5. The topological polar surface area (TPSA) is 73.5 Å². The number of hydrogen-bond acceptors (Lipinski definition) is 4. The van der Waals surface area contributed by atoms with E-state index in [-0.39, 0.29) is 11.8 Å². The third-order valence-electron chi connectivity index (χ3n) is 3.07. The molecule has 6 heteroatoms. The lowest BCUT2D eigenvalue weighted by molar-refractivity contribution is -0.128. The van der Waals surface area contributed by atoms with E-state index < -0.39 is 0 Å². The minimum atomic E-state index is -0.267. The van der Waals surface area contributed by atoms with Gasteiger partial charge in [-0.15, -0.1) is 0 Å². The van der Waals surface area contributed by atoms with Gasteiger partial charge in [0.25, 0.3) is 5.91 Å². The van der Waals surface area contributed by atoms with E-state index in [4.69, 9.17) is 0 Å². The summed E-state index contributed by atoms with van der Waals surface area (Å²) < 4.78 is 0. The fourth-order valence-corrected chi connectivity index (χ4v) is 2.04. The van der Waals surface area contributed by atoms with E-state index in [1.54, 1.807) is 0 Å². The molecule has 6 nitrogen and oxygen atoms in total. The number of carbonyl (C=O) groups excluding carboxylic acids is 2. The van der Waals surface area contributed by atoms with Crippen LogP contribution in [0.15, 0.2) is 0 Å². The molecule has 1 aliphatic rings. The lowest BCUT2D eigenvalue weighted by Gasteiger charge is -2.28. The first-order valence-electron chi connectivity index (χ1n) is 6.52. The molecule has 0 spiro atoms. The van der Waals surface area contributed by atoms with E-state index in [1.165, 1.54) is 13.3 Å². The first-order chi connectivity index (χ1) is 8.49. The molecule has 0 aromatic rings. The zero-order valence-electron chi connectivity index (χ0n) is 11.5. The van der Waals surface area contributed by atoms with Crippen molar-refractivity contribution in [3.05, 3.63) is 0 Å². The highest BCUT2D eigenvalue weighted by Gasteiger charge is 2.21. The Hall–Kier alpha value is -1.14. The van der Waals surface area contributed by atoms with Crippen LogP contribution in [-0.2, 0) is 9.59 Å². The van der Waals surface area contributed by atoms with Crippen LogP contribution in [0.25, 0.3) is 0 Å². The molecule has 0 aromatic heterocycles. The molecular formula is C12H24N4O2. The highest BCUT2D eigenvalue weighted by atomic mass is 16.2. The zero-order valence-corrected chi connectivity index (χ0v) is 11.5. The van der Waals surface area contributed by atoms with Gasteiger partial charge in [0.15, 0.2) is 0 Å². The van der Waals surface area contributed by atoms with Gasteiger partial charge in [-0.1, -0.05) is 0 Å². The monoisotopic (exact) mass is 256 g/mol. The van der Waals surface area contributed by atoms with Crippen LogP contribution in [0.5, 0.6) is 0 Å². The number of rotatable bonds is 5. The van der Waals surface area contributed by atoms with Crippen LogP contribution in [0.4, 0.5) is 0 Å². The van der Waals surface area contributed by atoms with Crippen molar-refractivity contribution in [1.29, 1.82) is 0 Å². The van der Waals surface area contributed by atoms with Gasteiger partial charge in [-0.2, -0.15) is 0 Å². The van der Waals surface area contributed by atoms with Gasteiger partial charge in [-0.3, -0.25) is 25.3 Å². The standard InChI is InChI=1S/C12H24N4O2/c1-9(2)16(7-11-5-4-6-13-11)8-12(18)15-14-10(3)17/h9,11,13H,4-8H2,1-3H3,(H,14,17)(H,15,18). The molecule has 3 N–H and O–H groups in total. The third kappa shape index (κ3) is 5.46. The molecule has 1 aliphatic heterocycles. The Morgan fingerprint density at radius 1 is 1.39 bits per heavy atom. The largest absolute Gasteiger partial charge is 0.313 e. The van der Waals surface area contributed by atoms with Crippen molar-refractivity contribution in [2.75, 3.05) is 19.6 Å². The van der Waals surface area contributed by atoms with Crippen LogP contribution in [0.1, 0.15) is 33.6 Å². The average Bonchev–Trinajstić information content (AvgIpc) is 2.78. The molecule has 1 rings (SSSR count). The predicted molar refractivity (Wildman–Crippen MR) is 69.7 cm³/mol. The molecule has 1 fully saturated rings. The zero-order chi connectivity index (χ0) is 13.5. The molecule has 0 bridgehead atoms. The fourth-order valence-electron chi connectivity index (χ4n) is 2.04. The molecule has 1 unspecified atom stereocenters. The lowest BCUT2D eigenvalue weighted by Crippen LogP contribution is -2.49. The summed E-state index contributed by atoms with van der Waals surface area (Å²) in [5.74, 6) is -0.450. The summed E-state index contributed by atoms with van der Waals surface area (Å²) in [7, 11) is 0. The Kier molecular flexibility index (Phi) is 6.07. The molecule has 0 aromatic carbocycles. The first kappa shape index (κ1) is 14.9. The Labute approximate surface area is 108 Å². The Morgan fingerprint density at radius 3 is 2.61 bits per heavy atom. The van der Waals surface area contributed by atoms with E-state index in [2.05, 4.69) is 34.9 Å². The third-order valence-corrected chi connectivity index (χ3v) is 3.07. The van der Waals surface area contributed by atoms with Crippen molar-refractivity contribution < 1.29 is 9.59 Å².